The highest BCUT2D eigenvalue weighted by Crippen LogP contribution is 2.18. The second kappa shape index (κ2) is 6.02. The first-order valence-electron chi connectivity index (χ1n) is 5.11. The van der Waals surface area contributed by atoms with Crippen molar-refractivity contribution in [1.82, 2.24) is 9.88 Å². The van der Waals surface area contributed by atoms with E-state index < -0.39 is 5.97 Å². The minimum Gasteiger partial charge on any atom is -0.480 e. The van der Waals surface area contributed by atoms with Gasteiger partial charge in [-0.1, -0.05) is 6.08 Å². The molecule has 0 aliphatic carbocycles. The Morgan fingerprint density at radius 3 is 2.75 bits per heavy atom. The number of nitrogens with zero attached hydrogens (tertiary/aromatic N) is 2. The molecule has 0 saturated heterocycles. The summed E-state index contributed by atoms with van der Waals surface area (Å²) in [6.07, 6.45) is 5.12. The van der Waals surface area contributed by atoms with Crippen molar-refractivity contribution < 1.29 is 9.90 Å². The van der Waals surface area contributed by atoms with Crippen LogP contribution in [0.25, 0.3) is 0 Å². The van der Waals surface area contributed by atoms with Gasteiger partial charge in [-0.05, 0) is 24.6 Å². The number of pyridine rings is 1. The number of hydrogen-bond donors (Lipinski definition) is 1. The predicted octanol–water partition coefficient (Wildman–Crippen LogP) is 1.72. The van der Waals surface area contributed by atoms with Crippen LogP contribution >= 0.6 is 0 Å². The van der Waals surface area contributed by atoms with Crippen molar-refractivity contribution in [3.8, 4) is 0 Å². The van der Waals surface area contributed by atoms with E-state index in [-0.39, 0.29) is 12.6 Å². The first-order chi connectivity index (χ1) is 7.65. The molecule has 1 rings (SSSR count). The molecule has 0 fully saturated rings. The summed E-state index contributed by atoms with van der Waals surface area (Å²) in [7, 11) is 0. The second-order valence-electron chi connectivity index (χ2n) is 3.57. The summed E-state index contributed by atoms with van der Waals surface area (Å²) in [5.41, 5.74) is 1.05. The van der Waals surface area contributed by atoms with Crippen LogP contribution in [0.5, 0.6) is 0 Å². The van der Waals surface area contributed by atoms with Crippen LogP contribution in [0.4, 0.5) is 0 Å². The Morgan fingerprint density at radius 2 is 2.25 bits per heavy atom. The minimum absolute atomic E-state index is 0.00943. The molecule has 1 aromatic rings. The largest absolute Gasteiger partial charge is 0.480 e. The number of hydrogen-bond acceptors (Lipinski definition) is 3. The lowest BCUT2D eigenvalue weighted by Crippen LogP contribution is -2.32. The van der Waals surface area contributed by atoms with Gasteiger partial charge >= 0.3 is 5.97 Å². The highest BCUT2D eigenvalue weighted by atomic mass is 16.4. The van der Waals surface area contributed by atoms with E-state index in [9.17, 15) is 4.79 Å². The molecule has 0 radical (unpaired) electrons. The zero-order valence-electron chi connectivity index (χ0n) is 9.34. The number of aliphatic carboxylic acids is 1. The highest BCUT2D eigenvalue weighted by Gasteiger charge is 2.16. The van der Waals surface area contributed by atoms with Gasteiger partial charge in [-0.2, -0.15) is 0 Å². The molecule has 1 N–H and O–H groups in total. The van der Waals surface area contributed by atoms with Crippen LogP contribution in [0.2, 0.25) is 0 Å². The molecule has 0 aromatic carbocycles. The van der Waals surface area contributed by atoms with Crippen molar-refractivity contribution in [3.63, 3.8) is 0 Å². The molecule has 1 heterocycles. The summed E-state index contributed by atoms with van der Waals surface area (Å²) in [5.74, 6) is -0.831. The van der Waals surface area contributed by atoms with Crippen molar-refractivity contribution in [3.05, 3.63) is 42.7 Å². The third-order valence-corrected chi connectivity index (χ3v) is 2.44. The SMILES string of the molecule is C=CCN(CC(=O)O)C(C)c1ccncc1. The molecule has 1 aromatic heterocycles. The average Bonchev–Trinajstić information content (AvgIpc) is 2.28. The average molecular weight is 220 g/mol. The Kier molecular flexibility index (Phi) is 4.66. The lowest BCUT2D eigenvalue weighted by molar-refractivity contribution is -0.138. The number of aromatic nitrogens is 1. The summed E-state index contributed by atoms with van der Waals surface area (Å²) in [6.45, 7) is 6.17. The van der Waals surface area contributed by atoms with Crippen LogP contribution in [0.15, 0.2) is 37.2 Å². The third-order valence-electron chi connectivity index (χ3n) is 2.44. The monoisotopic (exact) mass is 220 g/mol. The quantitative estimate of drug-likeness (QED) is 0.741. The number of carboxylic acid groups (broad SMARTS) is 1. The van der Waals surface area contributed by atoms with Crippen LogP contribution in [0.3, 0.4) is 0 Å². The molecule has 1 unspecified atom stereocenters. The summed E-state index contributed by atoms with van der Waals surface area (Å²) in [6, 6.07) is 3.82. The van der Waals surface area contributed by atoms with Crippen LogP contribution in [-0.4, -0.2) is 34.0 Å². The topological polar surface area (TPSA) is 53.4 Å². The fourth-order valence-corrected chi connectivity index (χ4v) is 1.55. The van der Waals surface area contributed by atoms with Crippen LogP contribution < -0.4 is 0 Å². The van der Waals surface area contributed by atoms with Crippen molar-refractivity contribution in [2.75, 3.05) is 13.1 Å². The Hall–Kier alpha value is -1.68. The molecule has 1 atom stereocenters. The van der Waals surface area contributed by atoms with Crippen LogP contribution in [0.1, 0.15) is 18.5 Å². The van der Waals surface area contributed by atoms with Crippen molar-refractivity contribution in [2.45, 2.75) is 13.0 Å². The maximum atomic E-state index is 10.7. The summed E-state index contributed by atoms with van der Waals surface area (Å²) in [4.78, 5) is 16.5. The van der Waals surface area contributed by atoms with Gasteiger partial charge in [0.1, 0.15) is 0 Å². The Labute approximate surface area is 95.2 Å². The molecule has 0 spiro atoms. The smallest absolute Gasteiger partial charge is 0.317 e. The molecule has 0 amide bonds. The van der Waals surface area contributed by atoms with E-state index in [2.05, 4.69) is 11.6 Å². The maximum Gasteiger partial charge on any atom is 0.317 e. The van der Waals surface area contributed by atoms with E-state index in [1.165, 1.54) is 0 Å². The van der Waals surface area contributed by atoms with Gasteiger partial charge in [0.2, 0.25) is 0 Å². The Bertz CT molecular complexity index is 351. The Morgan fingerprint density at radius 1 is 1.62 bits per heavy atom. The van der Waals surface area contributed by atoms with Gasteiger partial charge in [-0.25, -0.2) is 0 Å². The molecule has 86 valence electrons. The number of rotatable bonds is 6. The fourth-order valence-electron chi connectivity index (χ4n) is 1.55. The van der Waals surface area contributed by atoms with Crippen molar-refractivity contribution in [1.29, 1.82) is 0 Å². The molecular weight excluding hydrogens is 204 g/mol. The molecule has 0 aliphatic rings. The van der Waals surface area contributed by atoms with Gasteiger partial charge in [0.15, 0.2) is 0 Å². The van der Waals surface area contributed by atoms with Crippen molar-refractivity contribution in [2.24, 2.45) is 0 Å². The summed E-state index contributed by atoms with van der Waals surface area (Å²) < 4.78 is 0. The molecule has 4 nitrogen and oxygen atoms in total. The number of carboxylic acids is 1. The highest BCUT2D eigenvalue weighted by molar-refractivity contribution is 5.69. The normalized spacial score (nSPS) is 12.4. The van der Waals surface area contributed by atoms with Gasteiger partial charge in [-0.3, -0.25) is 14.7 Å². The lowest BCUT2D eigenvalue weighted by Gasteiger charge is -2.26. The standard InChI is InChI=1S/C12H16N2O2/c1-3-8-14(9-12(15)16)10(2)11-4-6-13-7-5-11/h3-7,10H,1,8-9H2,2H3,(H,15,16). The van der Waals surface area contributed by atoms with E-state index in [1.54, 1.807) is 18.5 Å². The van der Waals surface area contributed by atoms with E-state index in [4.69, 9.17) is 5.11 Å². The number of carbonyl (C=O) groups is 1. The summed E-state index contributed by atoms with van der Waals surface area (Å²) >= 11 is 0. The van der Waals surface area contributed by atoms with E-state index >= 15 is 0 Å². The zero-order valence-corrected chi connectivity index (χ0v) is 9.34. The fraction of sp³-hybridized carbons (Fsp3) is 0.333. The molecular formula is C12H16N2O2. The zero-order chi connectivity index (χ0) is 12.0. The van der Waals surface area contributed by atoms with Gasteiger partial charge < -0.3 is 5.11 Å². The van der Waals surface area contributed by atoms with Crippen LogP contribution in [0, 0.1) is 0 Å². The summed E-state index contributed by atoms with van der Waals surface area (Å²) in [5, 5.41) is 8.82. The molecule has 0 bridgehead atoms. The van der Waals surface area contributed by atoms with Crippen molar-refractivity contribution >= 4 is 5.97 Å². The predicted molar refractivity (Wildman–Crippen MR) is 62.1 cm³/mol. The van der Waals surface area contributed by atoms with Gasteiger partial charge in [-0.15, -0.1) is 6.58 Å². The molecule has 0 aliphatic heterocycles. The van der Waals surface area contributed by atoms with E-state index in [1.807, 2.05) is 24.0 Å². The maximum absolute atomic E-state index is 10.7. The third kappa shape index (κ3) is 3.47. The van der Waals surface area contributed by atoms with E-state index in [0.717, 1.165) is 5.56 Å². The molecule has 0 saturated carbocycles. The van der Waals surface area contributed by atoms with E-state index in [0.29, 0.717) is 6.54 Å². The molecule has 16 heavy (non-hydrogen) atoms. The lowest BCUT2D eigenvalue weighted by atomic mass is 10.1. The van der Waals surface area contributed by atoms with Crippen LogP contribution in [-0.2, 0) is 4.79 Å². The van der Waals surface area contributed by atoms with Gasteiger partial charge in [0, 0.05) is 25.0 Å². The van der Waals surface area contributed by atoms with Gasteiger partial charge in [0.05, 0.1) is 6.54 Å². The van der Waals surface area contributed by atoms with Gasteiger partial charge in [0.25, 0.3) is 0 Å². The minimum atomic E-state index is -0.831. The first kappa shape index (κ1) is 12.4. The second-order valence-corrected chi connectivity index (χ2v) is 3.57. The Balaban J connectivity index is 2.77. The molecule has 4 heteroatoms. The first-order valence-corrected chi connectivity index (χ1v) is 5.11.